The second kappa shape index (κ2) is 3.83. The summed E-state index contributed by atoms with van der Waals surface area (Å²) in [5, 5.41) is 0. The minimum absolute atomic E-state index is 0.295. The SMILES string of the molecule is CCC1(C)CC=CC(CC)(CN)C1. The van der Waals surface area contributed by atoms with Crippen molar-refractivity contribution in [2.45, 2.75) is 46.5 Å². The molecule has 2 unspecified atom stereocenters. The predicted octanol–water partition coefficient (Wildman–Crippen LogP) is 3.11. The van der Waals surface area contributed by atoms with E-state index in [1.165, 1.54) is 25.7 Å². The highest BCUT2D eigenvalue weighted by molar-refractivity contribution is 5.08. The Morgan fingerprint density at radius 3 is 2.46 bits per heavy atom. The standard InChI is InChI=1S/C12H23N/c1-4-11(3)7-6-8-12(5-2,9-11)10-13/h6,8H,4-5,7,9-10,13H2,1-3H3. The molecule has 1 aliphatic carbocycles. The van der Waals surface area contributed by atoms with Gasteiger partial charge in [0, 0.05) is 12.0 Å². The van der Waals surface area contributed by atoms with Crippen LogP contribution in [0.3, 0.4) is 0 Å². The highest BCUT2D eigenvalue weighted by Gasteiger charge is 2.35. The number of hydrogen-bond donors (Lipinski definition) is 1. The van der Waals surface area contributed by atoms with Crippen LogP contribution in [0, 0.1) is 10.8 Å². The van der Waals surface area contributed by atoms with Gasteiger partial charge in [-0.05, 0) is 24.7 Å². The molecule has 0 saturated heterocycles. The molecule has 0 heterocycles. The number of rotatable bonds is 3. The van der Waals surface area contributed by atoms with Crippen molar-refractivity contribution in [2.75, 3.05) is 6.54 Å². The highest BCUT2D eigenvalue weighted by atomic mass is 14.6. The summed E-state index contributed by atoms with van der Waals surface area (Å²) >= 11 is 0. The molecule has 0 aromatic heterocycles. The van der Waals surface area contributed by atoms with Crippen molar-refractivity contribution in [3.8, 4) is 0 Å². The molecule has 0 aromatic rings. The Morgan fingerprint density at radius 2 is 2.00 bits per heavy atom. The van der Waals surface area contributed by atoms with E-state index in [1.807, 2.05) is 0 Å². The van der Waals surface area contributed by atoms with E-state index in [9.17, 15) is 0 Å². The molecule has 2 N–H and O–H groups in total. The molecule has 13 heavy (non-hydrogen) atoms. The molecule has 0 spiro atoms. The summed E-state index contributed by atoms with van der Waals surface area (Å²) in [5.74, 6) is 0. The van der Waals surface area contributed by atoms with Crippen LogP contribution in [-0.4, -0.2) is 6.54 Å². The molecule has 0 fully saturated rings. The van der Waals surface area contributed by atoms with Crippen molar-refractivity contribution in [3.63, 3.8) is 0 Å². The molecule has 0 amide bonds. The fraction of sp³-hybridized carbons (Fsp3) is 0.833. The molecule has 1 heteroatoms. The molecule has 1 aliphatic rings. The third-order valence-electron chi connectivity index (χ3n) is 3.83. The van der Waals surface area contributed by atoms with Crippen LogP contribution < -0.4 is 5.73 Å². The lowest BCUT2D eigenvalue weighted by molar-refractivity contribution is 0.165. The van der Waals surface area contributed by atoms with Crippen molar-refractivity contribution >= 4 is 0 Å². The summed E-state index contributed by atoms with van der Waals surface area (Å²) in [5.41, 5.74) is 6.66. The Labute approximate surface area is 82.4 Å². The number of hydrogen-bond acceptors (Lipinski definition) is 1. The van der Waals surface area contributed by atoms with Gasteiger partial charge in [0.25, 0.3) is 0 Å². The lowest BCUT2D eigenvalue weighted by Gasteiger charge is -2.41. The smallest absolute Gasteiger partial charge is 0.00143 e. The Kier molecular flexibility index (Phi) is 3.18. The zero-order valence-electron chi connectivity index (χ0n) is 9.27. The minimum Gasteiger partial charge on any atom is -0.330 e. The zero-order valence-corrected chi connectivity index (χ0v) is 9.27. The van der Waals surface area contributed by atoms with Gasteiger partial charge in [0.1, 0.15) is 0 Å². The molecule has 0 bridgehead atoms. The van der Waals surface area contributed by atoms with Gasteiger partial charge in [0.15, 0.2) is 0 Å². The minimum atomic E-state index is 0.295. The summed E-state index contributed by atoms with van der Waals surface area (Å²) in [6.07, 6.45) is 9.62. The van der Waals surface area contributed by atoms with Gasteiger partial charge < -0.3 is 5.73 Å². The fourth-order valence-electron chi connectivity index (χ4n) is 2.37. The molecule has 76 valence electrons. The molecule has 0 aliphatic heterocycles. The quantitative estimate of drug-likeness (QED) is 0.665. The van der Waals surface area contributed by atoms with Gasteiger partial charge in [0.2, 0.25) is 0 Å². The van der Waals surface area contributed by atoms with Crippen molar-refractivity contribution in [3.05, 3.63) is 12.2 Å². The van der Waals surface area contributed by atoms with Crippen LogP contribution >= 0.6 is 0 Å². The molecule has 0 radical (unpaired) electrons. The fourth-order valence-corrected chi connectivity index (χ4v) is 2.37. The highest BCUT2D eigenvalue weighted by Crippen LogP contribution is 2.45. The van der Waals surface area contributed by atoms with Crippen molar-refractivity contribution in [1.29, 1.82) is 0 Å². The lowest BCUT2D eigenvalue weighted by Crippen LogP contribution is -2.36. The maximum absolute atomic E-state index is 5.87. The summed E-state index contributed by atoms with van der Waals surface area (Å²) in [7, 11) is 0. The van der Waals surface area contributed by atoms with Gasteiger partial charge in [-0.15, -0.1) is 0 Å². The van der Waals surface area contributed by atoms with E-state index >= 15 is 0 Å². The number of nitrogens with two attached hydrogens (primary N) is 1. The van der Waals surface area contributed by atoms with Gasteiger partial charge in [0.05, 0.1) is 0 Å². The molecule has 0 aromatic carbocycles. The van der Waals surface area contributed by atoms with E-state index in [1.54, 1.807) is 0 Å². The Hall–Kier alpha value is -0.300. The summed E-state index contributed by atoms with van der Waals surface area (Å²) < 4.78 is 0. The summed E-state index contributed by atoms with van der Waals surface area (Å²) in [4.78, 5) is 0. The van der Waals surface area contributed by atoms with E-state index < -0.39 is 0 Å². The molecule has 1 nitrogen and oxygen atoms in total. The molecule has 2 atom stereocenters. The first-order valence-corrected chi connectivity index (χ1v) is 5.47. The summed E-state index contributed by atoms with van der Waals surface area (Å²) in [6, 6.07) is 0. The van der Waals surface area contributed by atoms with E-state index in [-0.39, 0.29) is 0 Å². The van der Waals surface area contributed by atoms with Crippen LogP contribution in [0.2, 0.25) is 0 Å². The van der Waals surface area contributed by atoms with Crippen LogP contribution in [-0.2, 0) is 0 Å². The predicted molar refractivity (Wildman–Crippen MR) is 58.6 cm³/mol. The van der Waals surface area contributed by atoms with Crippen LogP contribution in [0.5, 0.6) is 0 Å². The van der Waals surface area contributed by atoms with E-state index in [2.05, 4.69) is 32.9 Å². The average molecular weight is 181 g/mol. The van der Waals surface area contributed by atoms with Gasteiger partial charge >= 0.3 is 0 Å². The van der Waals surface area contributed by atoms with Crippen LogP contribution in [0.15, 0.2) is 12.2 Å². The van der Waals surface area contributed by atoms with E-state index in [0.717, 1.165) is 6.54 Å². The van der Waals surface area contributed by atoms with Gasteiger partial charge in [-0.25, -0.2) is 0 Å². The van der Waals surface area contributed by atoms with E-state index in [4.69, 9.17) is 5.73 Å². The van der Waals surface area contributed by atoms with Crippen molar-refractivity contribution < 1.29 is 0 Å². The third kappa shape index (κ3) is 2.14. The van der Waals surface area contributed by atoms with Crippen molar-refractivity contribution in [1.82, 2.24) is 0 Å². The van der Waals surface area contributed by atoms with Gasteiger partial charge in [-0.2, -0.15) is 0 Å². The first-order chi connectivity index (χ1) is 6.10. The Bertz CT molecular complexity index is 191. The first kappa shape index (κ1) is 10.8. The zero-order chi connectivity index (χ0) is 9.95. The first-order valence-electron chi connectivity index (χ1n) is 5.47. The molecular weight excluding hydrogens is 158 g/mol. The Balaban J connectivity index is 2.80. The van der Waals surface area contributed by atoms with Gasteiger partial charge in [-0.3, -0.25) is 0 Å². The molecule has 1 rings (SSSR count). The van der Waals surface area contributed by atoms with Gasteiger partial charge in [-0.1, -0.05) is 39.3 Å². The van der Waals surface area contributed by atoms with Crippen LogP contribution in [0.1, 0.15) is 46.5 Å². The second-order valence-electron chi connectivity index (χ2n) is 4.87. The normalized spacial score (nSPS) is 39.4. The third-order valence-corrected chi connectivity index (χ3v) is 3.83. The monoisotopic (exact) mass is 181 g/mol. The number of allylic oxidation sites excluding steroid dienone is 1. The molecule has 0 saturated carbocycles. The second-order valence-corrected chi connectivity index (χ2v) is 4.87. The summed E-state index contributed by atoms with van der Waals surface area (Å²) in [6.45, 7) is 7.72. The van der Waals surface area contributed by atoms with E-state index in [0.29, 0.717) is 10.8 Å². The average Bonchev–Trinajstić information content (AvgIpc) is 2.18. The van der Waals surface area contributed by atoms with Crippen LogP contribution in [0.25, 0.3) is 0 Å². The maximum Gasteiger partial charge on any atom is 0.00143 e. The van der Waals surface area contributed by atoms with Crippen LogP contribution in [0.4, 0.5) is 0 Å². The largest absolute Gasteiger partial charge is 0.330 e. The topological polar surface area (TPSA) is 26.0 Å². The Morgan fingerprint density at radius 1 is 1.31 bits per heavy atom. The molecular formula is C12H23N. The maximum atomic E-state index is 5.87. The lowest BCUT2D eigenvalue weighted by atomic mass is 9.64. The van der Waals surface area contributed by atoms with Crippen molar-refractivity contribution in [2.24, 2.45) is 16.6 Å².